The molecule has 5 atom stereocenters. The summed E-state index contributed by atoms with van der Waals surface area (Å²) in [5.41, 5.74) is -2.10. The Kier molecular flexibility index (Phi) is 5.62. The first-order chi connectivity index (χ1) is 8.82. The summed E-state index contributed by atoms with van der Waals surface area (Å²) in [5.74, 6) is 0. The molecule has 0 amide bonds. The van der Waals surface area contributed by atoms with Crippen LogP contribution in [-0.4, -0.2) is 102 Å². The molecule has 0 bridgehead atoms. The molecule has 0 aliphatic heterocycles. The van der Waals surface area contributed by atoms with Gasteiger partial charge in [0.15, 0.2) is 0 Å². The van der Waals surface area contributed by atoms with Crippen molar-refractivity contribution in [3.05, 3.63) is 0 Å². The highest BCUT2D eigenvalue weighted by molar-refractivity contribution is 5.04. The number of hydroxylamine groups is 2. The predicted molar refractivity (Wildman–Crippen MR) is 60.0 cm³/mol. The Morgan fingerprint density at radius 1 is 1.05 bits per heavy atom. The summed E-state index contributed by atoms with van der Waals surface area (Å²) in [5, 5.41) is 76.2. The summed E-state index contributed by atoms with van der Waals surface area (Å²) < 4.78 is 0. The SMILES string of the molecule is OCC(CO)N(O)[C@H]1C[C@](O)(CO)[C@@H](O)[C@H](O)[C@H]1O. The molecule has 1 saturated carbocycles. The second-order valence-electron chi connectivity index (χ2n) is 4.86. The third-order valence-electron chi connectivity index (χ3n) is 3.59. The van der Waals surface area contributed by atoms with E-state index in [9.17, 15) is 25.6 Å². The summed E-state index contributed by atoms with van der Waals surface area (Å²) in [4.78, 5) is 0. The van der Waals surface area contributed by atoms with Gasteiger partial charge in [-0.2, -0.15) is 5.06 Å². The monoisotopic (exact) mass is 283 g/mol. The molecule has 8 N–H and O–H groups in total. The second kappa shape index (κ2) is 6.39. The van der Waals surface area contributed by atoms with Crippen molar-refractivity contribution in [1.82, 2.24) is 5.06 Å². The molecule has 1 aliphatic rings. The van der Waals surface area contributed by atoms with Crippen molar-refractivity contribution in [2.75, 3.05) is 19.8 Å². The van der Waals surface area contributed by atoms with E-state index in [0.717, 1.165) is 0 Å². The van der Waals surface area contributed by atoms with Gasteiger partial charge in [-0.05, 0) is 0 Å². The van der Waals surface area contributed by atoms with Crippen LogP contribution in [-0.2, 0) is 0 Å². The van der Waals surface area contributed by atoms with E-state index in [4.69, 9.17) is 15.3 Å². The summed E-state index contributed by atoms with van der Waals surface area (Å²) >= 11 is 0. The molecule has 1 aliphatic carbocycles. The van der Waals surface area contributed by atoms with Crippen molar-refractivity contribution < 1.29 is 41.0 Å². The molecule has 0 spiro atoms. The molecule has 1 fully saturated rings. The van der Waals surface area contributed by atoms with Gasteiger partial charge in [-0.1, -0.05) is 0 Å². The van der Waals surface area contributed by atoms with Gasteiger partial charge in [0.05, 0.1) is 31.9 Å². The first-order valence-electron chi connectivity index (χ1n) is 5.88. The molecule has 0 saturated heterocycles. The van der Waals surface area contributed by atoms with E-state index >= 15 is 0 Å². The minimum absolute atomic E-state index is 0.417. The number of nitrogens with zero attached hydrogens (tertiary/aromatic N) is 1. The van der Waals surface area contributed by atoms with Crippen molar-refractivity contribution in [1.29, 1.82) is 0 Å². The van der Waals surface area contributed by atoms with Crippen LogP contribution in [0.1, 0.15) is 6.42 Å². The van der Waals surface area contributed by atoms with Crippen molar-refractivity contribution in [2.24, 2.45) is 0 Å². The van der Waals surface area contributed by atoms with Gasteiger partial charge in [0, 0.05) is 6.42 Å². The van der Waals surface area contributed by atoms with Gasteiger partial charge in [0.2, 0.25) is 0 Å². The Bertz CT molecular complexity index is 289. The van der Waals surface area contributed by atoms with Crippen LogP contribution in [0.5, 0.6) is 0 Å². The zero-order valence-electron chi connectivity index (χ0n) is 10.2. The lowest BCUT2D eigenvalue weighted by molar-refractivity contribution is -0.270. The third-order valence-corrected chi connectivity index (χ3v) is 3.59. The van der Waals surface area contributed by atoms with Crippen LogP contribution >= 0.6 is 0 Å². The molecule has 0 unspecified atom stereocenters. The van der Waals surface area contributed by atoms with E-state index in [1.807, 2.05) is 0 Å². The number of aliphatic hydroxyl groups is 7. The second-order valence-corrected chi connectivity index (χ2v) is 4.86. The van der Waals surface area contributed by atoms with Crippen LogP contribution in [0, 0.1) is 0 Å². The van der Waals surface area contributed by atoms with Crippen LogP contribution in [0.2, 0.25) is 0 Å². The quantitative estimate of drug-likeness (QED) is 0.232. The highest BCUT2D eigenvalue weighted by Gasteiger charge is 2.53. The van der Waals surface area contributed by atoms with E-state index < -0.39 is 62.2 Å². The van der Waals surface area contributed by atoms with Crippen LogP contribution in [0.3, 0.4) is 0 Å². The van der Waals surface area contributed by atoms with Crippen molar-refractivity contribution >= 4 is 0 Å². The number of aliphatic hydroxyl groups excluding tert-OH is 6. The summed E-state index contributed by atoms with van der Waals surface area (Å²) in [6.45, 7) is -2.12. The van der Waals surface area contributed by atoms with Gasteiger partial charge in [-0.3, -0.25) is 0 Å². The molecule has 0 heterocycles. The lowest BCUT2D eigenvalue weighted by Gasteiger charge is -2.47. The fraction of sp³-hybridized carbons (Fsp3) is 1.00. The zero-order valence-corrected chi connectivity index (χ0v) is 10.2. The first-order valence-corrected chi connectivity index (χ1v) is 5.88. The molecule has 9 nitrogen and oxygen atoms in total. The van der Waals surface area contributed by atoms with E-state index in [-0.39, 0.29) is 0 Å². The molecule has 114 valence electrons. The average Bonchev–Trinajstić information content (AvgIpc) is 2.41. The van der Waals surface area contributed by atoms with Gasteiger partial charge in [-0.25, -0.2) is 0 Å². The maximum atomic E-state index is 9.95. The molecule has 19 heavy (non-hydrogen) atoms. The van der Waals surface area contributed by atoms with E-state index in [1.54, 1.807) is 0 Å². The van der Waals surface area contributed by atoms with Crippen LogP contribution in [0.25, 0.3) is 0 Å². The molecule has 9 heteroatoms. The number of hydrogen-bond acceptors (Lipinski definition) is 9. The van der Waals surface area contributed by atoms with Gasteiger partial charge in [0.1, 0.15) is 23.9 Å². The van der Waals surface area contributed by atoms with Crippen molar-refractivity contribution in [3.8, 4) is 0 Å². The fourth-order valence-corrected chi connectivity index (χ4v) is 2.24. The Morgan fingerprint density at radius 3 is 2.00 bits per heavy atom. The highest BCUT2D eigenvalue weighted by Crippen LogP contribution is 2.32. The number of rotatable bonds is 5. The van der Waals surface area contributed by atoms with Crippen LogP contribution in [0.4, 0.5) is 0 Å². The van der Waals surface area contributed by atoms with Gasteiger partial charge < -0.3 is 41.0 Å². The maximum Gasteiger partial charge on any atom is 0.118 e. The Balaban J connectivity index is 2.94. The van der Waals surface area contributed by atoms with Crippen molar-refractivity contribution in [2.45, 2.75) is 42.4 Å². The molecule has 0 aromatic heterocycles. The maximum absolute atomic E-state index is 9.95. The van der Waals surface area contributed by atoms with E-state index in [1.165, 1.54) is 0 Å². The topological polar surface area (TPSA) is 165 Å². The molecule has 0 radical (unpaired) electrons. The number of hydrogen-bond donors (Lipinski definition) is 8. The largest absolute Gasteiger partial charge is 0.395 e. The standard InChI is InChI=1S/C10H21NO8/c12-2-5(3-13)11(19)6-1-10(18,4-14)9(17)8(16)7(6)15/h5-9,12-19H,1-4H2/t6-,7-,8+,9-,10-/m0/s1. The van der Waals surface area contributed by atoms with Crippen LogP contribution in [0.15, 0.2) is 0 Å². The first kappa shape index (κ1) is 16.7. The predicted octanol–water partition coefficient (Wildman–Crippen LogP) is -4.39. The molecule has 0 aromatic carbocycles. The van der Waals surface area contributed by atoms with E-state index in [0.29, 0.717) is 5.06 Å². The molecular formula is C10H21NO8. The molecule has 0 aromatic rings. The summed E-state index contributed by atoms with van der Waals surface area (Å²) in [7, 11) is 0. The van der Waals surface area contributed by atoms with Crippen molar-refractivity contribution in [3.63, 3.8) is 0 Å². The third kappa shape index (κ3) is 3.05. The minimum Gasteiger partial charge on any atom is -0.395 e. The lowest BCUT2D eigenvalue weighted by atomic mass is 9.76. The van der Waals surface area contributed by atoms with Gasteiger partial charge in [-0.15, -0.1) is 0 Å². The molecule has 1 rings (SSSR count). The van der Waals surface area contributed by atoms with E-state index in [2.05, 4.69) is 0 Å². The minimum atomic E-state index is -2.10. The Labute approximate surface area is 109 Å². The smallest absolute Gasteiger partial charge is 0.118 e. The average molecular weight is 283 g/mol. The Hall–Kier alpha value is -0.360. The van der Waals surface area contributed by atoms with Crippen LogP contribution < -0.4 is 0 Å². The fourth-order valence-electron chi connectivity index (χ4n) is 2.24. The lowest BCUT2D eigenvalue weighted by Crippen LogP contribution is -2.68. The van der Waals surface area contributed by atoms with Gasteiger partial charge >= 0.3 is 0 Å². The Morgan fingerprint density at radius 2 is 1.58 bits per heavy atom. The summed E-state index contributed by atoms with van der Waals surface area (Å²) in [6.07, 6.45) is -5.63. The highest BCUT2D eigenvalue weighted by atomic mass is 16.5. The van der Waals surface area contributed by atoms with Gasteiger partial charge in [0.25, 0.3) is 0 Å². The zero-order chi connectivity index (χ0) is 14.8. The summed E-state index contributed by atoms with van der Waals surface area (Å²) in [6, 6.07) is -2.38. The normalized spacial score (nSPS) is 40.1. The molecular weight excluding hydrogens is 262 g/mol.